The van der Waals surface area contributed by atoms with Crippen LogP contribution < -0.4 is 11.1 Å². The fourth-order valence-corrected chi connectivity index (χ4v) is 0.378. The highest BCUT2D eigenvalue weighted by Gasteiger charge is 2.04. The zero-order valence-corrected chi connectivity index (χ0v) is 4.87. The Hall–Kier alpha value is -0.650. The van der Waals surface area contributed by atoms with Gasteiger partial charge in [-0.2, -0.15) is 0 Å². The summed E-state index contributed by atoms with van der Waals surface area (Å²) >= 11 is 0. The highest BCUT2D eigenvalue weighted by molar-refractivity contribution is 5.67. The summed E-state index contributed by atoms with van der Waals surface area (Å²) in [6.07, 6.45) is -0.840. The molecule has 0 aliphatic rings. The first kappa shape index (κ1) is 8.35. The number of nitrogens with one attached hydrogen (secondary N) is 1. The molecule has 1 atom stereocenters. The van der Waals surface area contributed by atoms with Crippen molar-refractivity contribution in [2.24, 2.45) is 5.73 Å². The van der Waals surface area contributed by atoms with Crippen LogP contribution in [0, 0.1) is 0 Å². The number of hydrogen-bond donors (Lipinski definition) is 4. The average Bonchev–Trinajstić information content (AvgIpc) is 1.63. The molecular formula is C4H10N2O3. The van der Waals surface area contributed by atoms with Crippen molar-refractivity contribution in [2.75, 3.05) is 6.73 Å². The van der Waals surface area contributed by atoms with E-state index in [9.17, 15) is 4.79 Å². The molecule has 0 spiro atoms. The fourth-order valence-electron chi connectivity index (χ4n) is 0.378. The smallest absolute Gasteiger partial charge is 0.306 e. The standard InChI is InChI=1S/C4H10N2O3/c5-3(6-2-7)1-4(8)9/h3,6-7H,1-2,5H2,(H,8,9)/t3-/m1/s1. The molecule has 0 heterocycles. The van der Waals surface area contributed by atoms with E-state index in [1.54, 1.807) is 0 Å². The molecule has 0 fully saturated rings. The maximum Gasteiger partial charge on any atom is 0.306 e. The molecule has 0 aliphatic heterocycles. The van der Waals surface area contributed by atoms with Crippen molar-refractivity contribution in [3.8, 4) is 0 Å². The number of aliphatic carboxylic acids is 1. The van der Waals surface area contributed by atoms with Crippen LogP contribution in [0.25, 0.3) is 0 Å². The van der Waals surface area contributed by atoms with Gasteiger partial charge < -0.3 is 15.9 Å². The predicted octanol–water partition coefficient (Wildman–Crippen LogP) is -1.71. The number of aliphatic hydroxyl groups is 1. The highest BCUT2D eigenvalue weighted by atomic mass is 16.4. The minimum atomic E-state index is -0.983. The van der Waals surface area contributed by atoms with E-state index in [-0.39, 0.29) is 13.2 Å². The van der Waals surface area contributed by atoms with Crippen molar-refractivity contribution >= 4 is 5.97 Å². The lowest BCUT2D eigenvalue weighted by Crippen LogP contribution is -2.39. The SMILES string of the molecule is N[C@@H](CC(=O)O)NCO. The van der Waals surface area contributed by atoms with Gasteiger partial charge >= 0.3 is 5.97 Å². The van der Waals surface area contributed by atoms with Crippen molar-refractivity contribution in [1.82, 2.24) is 5.32 Å². The van der Waals surface area contributed by atoms with Crippen LogP contribution >= 0.6 is 0 Å². The van der Waals surface area contributed by atoms with Crippen LogP contribution in [0.1, 0.15) is 6.42 Å². The number of carbonyl (C=O) groups is 1. The molecular weight excluding hydrogens is 124 g/mol. The molecule has 54 valence electrons. The van der Waals surface area contributed by atoms with E-state index >= 15 is 0 Å². The summed E-state index contributed by atoms with van der Waals surface area (Å²) in [5.41, 5.74) is 5.13. The fraction of sp³-hybridized carbons (Fsp3) is 0.750. The Bertz CT molecular complexity index is 95.8. The number of nitrogens with two attached hydrogens (primary N) is 1. The van der Waals surface area contributed by atoms with Crippen molar-refractivity contribution < 1.29 is 15.0 Å². The minimum Gasteiger partial charge on any atom is -0.481 e. The molecule has 9 heavy (non-hydrogen) atoms. The molecule has 0 radical (unpaired) electrons. The lowest BCUT2D eigenvalue weighted by molar-refractivity contribution is -0.137. The van der Waals surface area contributed by atoms with E-state index in [0.29, 0.717) is 0 Å². The molecule has 0 unspecified atom stereocenters. The maximum atomic E-state index is 9.88. The van der Waals surface area contributed by atoms with E-state index in [1.807, 2.05) is 0 Å². The van der Waals surface area contributed by atoms with E-state index in [2.05, 4.69) is 5.32 Å². The largest absolute Gasteiger partial charge is 0.481 e. The molecule has 0 aromatic rings. The minimum absolute atomic E-state index is 0.180. The molecule has 5 heteroatoms. The van der Waals surface area contributed by atoms with Crippen LogP contribution in [-0.4, -0.2) is 29.1 Å². The van der Waals surface area contributed by atoms with Gasteiger partial charge in [0, 0.05) is 0 Å². The lowest BCUT2D eigenvalue weighted by atomic mass is 10.3. The molecule has 0 aromatic heterocycles. The number of carboxylic acid groups (broad SMARTS) is 1. The summed E-state index contributed by atoms with van der Waals surface area (Å²) < 4.78 is 0. The van der Waals surface area contributed by atoms with Gasteiger partial charge in [-0.25, -0.2) is 0 Å². The molecule has 5 nitrogen and oxygen atoms in total. The van der Waals surface area contributed by atoms with Crippen LogP contribution in [0.3, 0.4) is 0 Å². The normalized spacial score (nSPS) is 13.1. The van der Waals surface area contributed by atoms with Crippen LogP contribution in [0.4, 0.5) is 0 Å². The van der Waals surface area contributed by atoms with E-state index in [0.717, 1.165) is 0 Å². The number of carboxylic acids is 1. The first-order valence-electron chi connectivity index (χ1n) is 2.48. The van der Waals surface area contributed by atoms with Gasteiger partial charge in [-0.1, -0.05) is 0 Å². The third-order valence-electron chi connectivity index (χ3n) is 0.748. The molecule has 0 saturated carbocycles. The first-order valence-corrected chi connectivity index (χ1v) is 2.48. The zero-order valence-electron chi connectivity index (χ0n) is 4.87. The molecule has 0 saturated heterocycles. The van der Waals surface area contributed by atoms with Crippen molar-refractivity contribution in [3.63, 3.8) is 0 Å². The summed E-state index contributed by atoms with van der Waals surface area (Å²) in [7, 11) is 0. The summed E-state index contributed by atoms with van der Waals surface area (Å²) in [5, 5.41) is 18.6. The summed E-state index contributed by atoms with van der Waals surface area (Å²) in [5.74, 6) is -0.983. The van der Waals surface area contributed by atoms with Gasteiger partial charge in [0.15, 0.2) is 0 Å². The Labute approximate surface area is 52.5 Å². The predicted molar refractivity (Wildman–Crippen MR) is 30.4 cm³/mol. The average molecular weight is 134 g/mol. The van der Waals surface area contributed by atoms with Gasteiger partial charge in [0.05, 0.1) is 19.3 Å². The van der Waals surface area contributed by atoms with Crippen molar-refractivity contribution in [1.29, 1.82) is 0 Å². The number of aliphatic hydroxyl groups excluding tert-OH is 1. The Balaban J connectivity index is 3.26. The number of hydrogen-bond acceptors (Lipinski definition) is 4. The molecule has 0 bridgehead atoms. The van der Waals surface area contributed by atoms with Gasteiger partial charge in [-0.05, 0) is 0 Å². The third-order valence-corrected chi connectivity index (χ3v) is 0.748. The van der Waals surface area contributed by atoms with Gasteiger partial charge in [0.2, 0.25) is 0 Å². The van der Waals surface area contributed by atoms with Crippen LogP contribution in [0.15, 0.2) is 0 Å². The van der Waals surface area contributed by atoms with E-state index < -0.39 is 12.1 Å². The van der Waals surface area contributed by atoms with E-state index in [1.165, 1.54) is 0 Å². The maximum absolute atomic E-state index is 9.88. The lowest BCUT2D eigenvalue weighted by Gasteiger charge is -2.06. The van der Waals surface area contributed by atoms with Gasteiger partial charge in [0.1, 0.15) is 0 Å². The van der Waals surface area contributed by atoms with E-state index in [4.69, 9.17) is 15.9 Å². The van der Waals surface area contributed by atoms with Crippen LogP contribution in [0.2, 0.25) is 0 Å². The summed E-state index contributed by atoms with van der Waals surface area (Å²) in [6.45, 7) is -0.297. The second-order valence-electron chi connectivity index (χ2n) is 1.57. The van der Waals surface area contributed by atoms with Gasteiger partial charge in [-0.3, -0.25) is 10.1 Å². The second-order valence-corrected chi connectivity index (χ2v) is 1.57. The summed E-state index contributed by atoms with van der Waals surface area (Å²) in [4.78, 5) is 9.88. The molecule has 0 aliphatic carbocycles. The Morgan fingerprint density at radius 2 is 2.33 bits per heavy atom. The number of rotatable bonds is 4. The Morgan fingerprint density at radius 1 is 1.78 bits per heavy atom. The topological polar surface area (TPSA) is 95.6 Å². The zero-order chi connectivity index (χ0) is 7.28. The monoisotopic (exact) mass is 134 g/mol. The highest BCUT2D eigenvalue weighted by Crippen LogP contribution is 1.80. The van der Waals surface area contributed by atoms with Gasteiger partial charge in [-0.15, -0.1) is 0 Å². The molecule has 0 rings (SSSR count). The van der Waals surface area contributed by atoms with Crippen molar-refractivity contribution in [2.45, 2.75) is 12.6 Å². The van der Waals surface area contributed by atoms with Crippen LogP contribution in [-0.2, 0) is 4.79 Å². The molecule has 0 aromatic carbocycles. The Kier molecular flexibility index (Phi) is 3.94. The molecule has 0 amide bonds. The van der Waals surface area contributed by atoms with Gasteiger partial charge in [0.25, 0.3) is 0 Å². The van der Waals surface area contributed by atoms with Crippen LogP contribution in [0.5, 0.6) is 0 Å². The third kappa shape index (κ3) is 5.22. The summed E-state index contributed by atoms with van der Waals surface area (Å²) in [6, 6.07) is 0. The molecule has 5 N–H and O–H groups in total. The second kappa shape index (κ2) is 4.25. The quantitative estimate of drug-likeness (QED) is 0.343. The Morgan fingerprint density at radius 3 is 2.67 bits per heavy atom. The van der Waals surface area contributed by atoms with Crippen molar-refractivity contribution in [3.05, 3.63) is 0 Å². The first-order chi connectivity index (χ1) is 4.16.